The van der Waals surface area contributed by atoms with Gasteiger partial charge in [-0.2, -0.15) is 11.3 Å². The summed E-state index contributed by atoms with van der Waals surface area (Å²) in [5.41, 5.74) is 1.41. The van der Waals surface area contributed by atoms with Crippen LogP contribution in [0.2, 0.25) is 0 Å². The Labute approximate surface area is 193 Å². The maximum atomic E-state index is 13.0. The molecule has 0 radical (unpaired) electrons. The molecule has 1 aliphatic rings. The molecule has 2 heterocycles. The SMILES string of the molecule is CN=C(NCC(C)Oc1ccc(F)cc1)NC1CCN(Cc2ccsc2)CC1.I. The van der Waals surface area contributed by atoms with Crippen LogP contribution in [0.1, 0.15) is 25.3 Å². The van der Waals surface area contributed by atoms with Crippen LogP contribution in [0.4, 0.5) is 4.39 Å². The van der Waals surface area contributed by atoms with Gasteiger partial charge in [0.15, 0.2) is 5.96 Å². The Morgan fingerprint density at radius 1 is 1.28 bits per heavy atom. The standard InChI is InChI=1S/C21H29FN4OS.HI/c1-16(27-20-5-3-18(22)4-6-20)13-24-21(23-2)25-19-7-10-26(11-8-19)14-17-9-12-28-15-17;/h3-6,9,12,15-16,19H,7-8,10-11,13-14H2,1-2H3,(H2,23,24,25);1H. The zero-order chi connectivity index (χ0) is 19.8. The molecular weight excluding hydrogens is 502 g/mol. The first-order valence-corrected chi connectivity index (χ1v) is 10.7. The molecule has 1 aliphatic heterocycles. The van der Waals surface area contributed by atoms with Gasteiger partial charge in [-0.25, -0.2) is 4.39 Å². The fraction of sp³-hybridized carbons (Fsp3) is 0.476. The van der Waals surface area contributed by atoms with Crippen LogP contribution >= 0.6 is 35.3 Å². The van der Waals surface area contributed by atoms with E-state index >= 15 is 0 Å². The van der Waals surface area contributed by atoms with Crippen LogP contribution < -0.4 is 15.4 Å². The summed E-state index contributed by atoms with van der Waals surface area (Å²) in [5.74, 6) is 1.20. The smallest absolute Gasteiger partial charge is 0.191 e. The molecule has 0 bridgehead atoms. The Balaban J connectivity index is 0.00000300. The summed E-state index contributed by atoms with van der Waals surface area (Å²) in [4.78, 5) is 6.84. The number of rotatable bonds is 7. The second kappa shape index (κ2) is 12.3. The van der Waals surface area contributed by atoms with Crippen LogP contribution in [0.15, 0.2) is 46.1 Å². The molecule has 0 saturated carbocycles. The van der Waals surface area contributed by atoms with E-state index in [1.54, 1.807) is 30.5 Å². The summed E-state index contributed by atoms with van der Waals surface area (Å²) >= 11 is 1.76. The molecule has 160 valence electrons. The molecule has 1 fully saturated rings. The monoisotopic (exact) mass is 532 g/mol. The summed E-state index contributed by atoms with van der Waals surface area (Å²) in [6.45, 7) is 5.82. The highest BCUT2D eigenvalue weighted by Crippen LogP contribution is 2.16. The largest absolute Gasteiger partial charge is 0.489 e. The number of hydrogen-bond acceptors (Lipinski definition) is 4. The van der Waals surface area contributed by atoms with Crippen molar-refractivity contribution in [3.63, 3.8) is 0 Å². The molecule has 2 aromatic rings. The fourth-order valence-corrected chi connectivity index (χ4v) is 3.95. The summed E-state index contributed by atoms with van der Waals surface area (Å²) in [7, 11) is 1.78. The molecule has 1 aromatic heterocycles. The van der Waals surface area contributed by atoms with Gasteiger partial charge in [0.1, 0.15) is 17.7 Å². The molecular formula is C21H30FIN4OS. The van der Waals surface area contributed by atoms with Gasteiger partial charge in [-0.15, -0.1) is 24.0 Å². The van der Waals surface area contributed by atoms with Crippen molar-refractivity contribution in [2.45, 2.75) is 38.5 Å². The zero-order valence-electron chi connectivity index (χ0n) is 16.9. The highest BCUT2D eigenvalue weighted by atomic mass is 127. The van der Waals surface area contributed by atoms with E-state index in [1.165, 1.54) is 17.7 Å². The number of aliphatic imine (C=N–C) groups is 1. The molecule has 1 atom stereocenters. The van der Waals surface area contributed by atoms with E-state index in [0.717, 1.165) is 38.4 Å². The third-order valence-electron chi connectivity index (χ3n) is 4.85. The van der Waals surface area contributed by atoms with Gasteiger partial charge in [0.05, 0.1) is 6.54 Å². The van der Waals surface area contributed by atoms with Crippen LogP contribution in [0.3, 0.4) is 0 Å². The number of likely N-dealkylation sites (tertiary alicyclic amines) is 1. The number of thiophene rings is 1. The highest BCUT2D eigenvalue weighted by Gasteiger charge is 2.20. The number of nitrogens with zero attached hydrogens (tertiary/aromatic N) is 2. The van der Waals surface area contributed by atoms with Gasteiger partial charge >= 0.3 is 0 Å². The molecule has 2 N–H and O–H groups in total. The van der Waals surface area contributed by atoms with Crippen molar-refractivity contribution in [1.29, 1.82) is 0 Å². The van der Waals surface area contributed by atoms with Crippen LogP contribution in [-0.2, 0) is 6.54 Å². The van der Waals surface area contributed by atoms with Crippen molar-refractivity contribution < 1.29 is 9.13 Å². The lowest BCUT2D eigenvalue weighted by Gasteiger charge is -2.33. The van der Waals surface area contributed by atoms with Gasteiger partial charge < -0.3 is 15.4 Å². The molecule has 0 spiro atoms. The molecule has 0 aliphatic carbocycles. The van der Waals surface area contributed by atoms with E-state index in [2.05, 4.69) is 37.4 Å². The van der Waals surface area contributed by atoms with Gasteiger partial charge in [-0.3, -0.25) is 9.89 Å². The number of hydrogen-bond donors (Lipinski definition) is 2. The Morgan fingerprint density at radius 2 is 2.00 bits per heavy atom. The van der Waals surface area contributed by atoms with Crippen molar-refractivity contribution in [1.82, 2.24) is 15.5 Å². The van der Waals surface area contributed by atoms with E-state index in [9.17, 15) is 4.39 Å². The topological polar surface area (TPSA) is 48.9 Å². The van der Waals surface area contributed by atoms with E-state index < -0.39 is 0 Å². The van der Waals surface area contributed by atoms with E-state index in [1.807, 2.05) is 6.92 Å². The van der Waals surface area contributed by atoms with Crippen molar-refractivity contribution in [2.24, 2.45) is 4.99 Å². The minimum atomic E-state index is -0.260. The average molecular weight is 532 g/mol. The maximum Gasteiger partial charge on any atom is 0.191 e. The summed E-state index contributed by atoms with van der Waals surface area (Å²) in [6.07, 6.45) is 2.15. The third kappa shape index (κ3) is 8.10. The summed E-state index contributed by atoms with van der Waals surface area (Å²) in [6, 6.07) is 8.72. The van der Waals surface area contributed by atoms with Crippen LogP contribution in [0.25, 0.3) is 0 Å². The molecule has 1 unspecified atom stereocenters. The molecule has 1 saturated heterocycles. The number of ether oxygens (including phenoxy) is 1. The number of halogens is 2. The summed E-state index contributed by atoms with van der Waals surface area (Å²) in [5, 5.41) is 11.2. The molecule has 3 rings (SSSR count). The van der Waals surface area contributed by atoms with Gasteiger partial charge in [0.25, 0.3) is 0 Å². The third-order valence-corrected chi connectivity index (χ3v) is 5.58. The van der Waals surface area contributed by atoms with Crippen LogP contribution in [0.5, 0.6) is 5.75 Å². The van der Waals surface area contributed by atoms with Crippen molar-refractivity contribution in [3.05, 3.63) is 52.5 Å². The second-order valence-corrected chi connectivity index (χ2v) is 7.94. The quantitative estimate of drug-likeness (QED) is 0.321. The second-order valence-electron chi connectivity index (χ2n) is 7.16. The number of guanidine groups is 1. The molecule has 1 aromatic carbocycles. The molecule has 29 heavy (non-hydrogen) atoms. The van der Waals surface area contributed by atoms with Crippen molar-refractivity contribution >= 4 is 41.3 Å². The molecule has 5 nitrogen and oxygen atoms in total. The zero-order valence-corrected chi connectivity index (χ0v) is 20.1. The first-order chi connectivity index (χ1) is 13.6. The van der Waals surface area contributed by atoms with E-state index in [-0.39, 0.29) is 35.9 Å². The van der Waals surface area contributed by atoms with E-state index in [0.29, 0.717) is 18.3 Å². The summed E-state index contributed by atoms with van der Waals surface area (Å²) < 4.78 is 18.8. The average Bonchev–Trinajstić information content (AvgIpc) is 3.21. The lowest BCUT2D eigenvalue weighted by Crippen LogP contribution is -2.49. The number of piperidine rings is 1. The normalized spacial score (nSPS) is 16.7. The molecule has 8 heteroatoms. The Hall–Kier alpha value is -1.39. The molecule has 0 amide bonds. The van der Waals surface area contributed by atoms with Gasteiger partial charge in [-0.05, 0) is 66.4 Å². The van der Waals surface area contributed by atoms with Crippen molar-refractivity contribution in [2.75, 3.05) is 26.7 Å². The van der Waals surface area contributed by atoms with Crippen molar-refractivity contribution in [3.8, 4) is 5.75 Å². The van der Waals surface area contributed by atoms with Gasteiger partial charge in [-0.1, -0.05) is 0 Å². The number of benzene rings is 1. The maximum absolute atomic E-state index is 13.0. The highest BCUT2D eigenvalue weighted by molar-refractivity contribution is 14.0. The predicted octanol–water partition coefficient (Wildman–Crippen LogP) is 4.10. The Kier molecular flexibility index (Phi) is 10.2. The van der Waals surface area contributed by atoms with Gasteiger partial charge in [0.2, 0.25) is 0 Å². The Morgan fingerprint density at radius 3 is 2.62 bits per heavy atom. The lowest BCUT2D eigenvalue weighted by molar-refractivity contribution is 0.198. The fourth-order valence-electron chi connectivity index (χ4n) is 3.29. The Bertz CT molecular complexity index is 734. The number of nitrogens with one attached hydrogen (secondary N) is 2. The predicted molar refractivity (Wildman–Crippen MR) is 129 cm³/mol. The lowest BCUT2D eigenvalue weighted by atomic mass is 10.0. The first kappa shape index (κ1) is 23.9. The minimum Gasteiger partial charge on any atom is -0.489 e. The van der Waals surface area contributed by atoms with E-state index in [4.69, 9.17) is 4.74 Å². The van der Waals surface area contributed by atoms with Crippen LogP contribution in [0, 0.1) is 5.82 Å². The van der Waals surface area contributed by atoms with Gasteiger partial charge in [0, 0.05) is 32.7 Å². The minimum absolute atomic E-state index is 0. The first-order valence-electron chi connectivity index (χ1n) is 9.75. The van der Waals surface area contributed by atoms with Crippen LogP contribution in [-0.4, -0.2) is 49.7 Å².